The molecule has 1 atom stereocenters. The molecule has 6 heteroatoms. The molecule has 0 bridgehead atoms. The quantitative estimate of drug-likeness (QED) is 0.824. The van der Waals surface area contributed by atoms with E-state index in [9.17, 15) is 4.79 Å². The highest BCUT2D eigenvalue weighted by Gasteiger charge is 2.27. The molecule has 1 aliphatic rings. The number of rotatable bonds is 7. The Balaban J connectivity index is 1.97. The standard InChI is InChI=1S/C16H28N4O2/c1-4-13(5-2)15(20-6-8-22-9-7-20)11-17-16(21)14-10-18-19(3)12-14/h10,12-13,15H,4-9,11H2,1-3H3,(H,17,21). The molecule has 2 rings (SSSR count). The van der Waals surface area contributed by atoms with Crippen LogP contribution in [0.25, 0.3) is 0 Å². The van der Waals surface area contributed by atoms with Crippen LogP contribution in [0.1, 0.15) is 37.0 Å². The molecule has 0 spiro atoms. The lowest BCUT2D eigenvalue weighted by atomic mass is 9.92. The zero-order chi connectivity index (χ0) is 15.9. The second kappa shape index (κ2) is 8.29. The summed E-state index contributed by atoms with van der Waals surface area (Å²) in [6.45, 7) is 8.60. The van der Waals surface area contributed by atoms with Crippen LogP contribution in [0.15, 0.2) is 12.4 Å². The summed E-state index contributed by atoms with van der Waals surface area (Å²) in [5, 5.41) is 7.14. The van der Waals surface area contributed by atoms with Crippen LogP contribution >= 0.6 is 0 Å². The van der Waals surface area contributed by atoms with E-state index in [1.54, 1.807) is 17.1 Å². The van der Waals surface area contributed by atoms with Crippen molar-refractivity contribution in [1.29, 1.82) is 0 Å². The van der Waals surface area contributed by atoms with Crippen LogP contribution in [0.3, 0.4) is 0 Å². The van der Waals surface area contributed by atoms with Gasteiger partial charge in [-0.25, -0.2) is 0 Å². The molecule has 1 fully saturated rings. The number of nitrogens with zero attached hydrogens (tertiary/aromatic N) is 3. The second-order valence-corrected chi connectivity index (χ2v) is 5.90. The normalized spacial score (nSPS) is 17.6. The third-order valence-corrected chi connectivity index (χ3v) is 4.55. The number of aromatic nitrogens is 2. The van der Waals surface area contributed by atoms with Crippen LogP contribution in [0.5, 0.6) is 0 Å². The van der Waals surface area contributed by atoms with Crippen molar-refractivity contribution < 1.29 is 9.53 Å². The van der Waals surface area contributed by atoms with Crippen LogP contribution in [-0.2, 0) is 11.8 Å². The average Bonchev–Trinajstić information content (AvgIpc) is 2.98. The van der Waals surface area contributed by atoms with Gasteiger partial charge in [0.2, 0.25) is 0 Å². The first kappa shape index (κ1) is 17.0. The average molecular weight is 308 g/mol. The molecule has 1 aromatic heterocycles. The van der Waals surface area contributed by atoms with Gasteiger partial charge in [0.05, 0.1) is 25.0 Å². The summed E-state index contributed by atoms with van der Waals surface area (Å²) < 4.78 is 7.10. The molecule has 1 N–H and O–H groups in total. The van der Waals surface area contributed by atoms with Crippen molar-refractivity contribution >= 4 is 5.91 Å². The predicted molar refractivity (Wildman–Crippen MR) is 85.8 cm³/mol. The number of morpholine rings is 1. The molecule has 0 aliphatic carbocycles. The fourth-order valence-electron chi connectivity index (χ4n) is 3.17. The van der Waals surface area contributed by atoms with Crippen molar-refractivity contribution in [3.8, 4) is 0 Å². The Morgan fingerprint density at radius 1 is 1.36 bits per heavy atom. The number of carbonyl (C=O) groups excluding carboxylic acids is 1. The minimum atomic E-state index is -0.0442. The summed E-state index contributed by atoms with van der Waals surface area (Å²) in [6.07, 6.45) is 5.61. The molecule has 0 saturated carbocycles. The Bertz CT molecular complexity index is 464. The summed E-state index contributed by atoms with van der Waals surface area (Å²) >= 11 is 0. The monoisotopic (exact) mass is 308 g/mol. The first-order valence-corrected chi connectivity index (χ1v) is 8.24. The Labute approximate surface area is 132 Å². The van der Waals surface area contributed by atoms with Gasteiger partial charge >= 0.3 is 0 Å². The molecule has 22 heavy (non-hydrogen) atoms. The lowest BCUT2D eigenvalue weighted by molar-refractivity contribution is 0.00191. The van der Waals surface area contributed by atoms with Gasteiger partial charge in [-0.2, -0.15) is 5.10 Å². The van der Waals surface area contributed by atoms with E-state index in [-0.39, 0.29) is 5.91 Å². The van der Waals surface area contributed by atoms with Gasteiger partial charge in [-0.05, 0) is 5.92 Å². The summed E-state index contributed by atoms with van der Waals surface area (Å²) in [5.41, 5.74) is 0.618. The number of hydrogen-bond acceptors (Lipinski definition) is 4. The fourth-order valence-corrected chi connectivity index (χ4v) is 3.17. The summed E-state index contributed by atoms with van der Waals surface area (Å²) in [6, 6.07) is 0.375. The number of aryl methyl sites for hydroxylation is 1. The van der Waals surface area contributed by atoms with Crippen LogP contribution in [0.4, 0.5) is 0 Å². The molecule has 0 aromatic carbocycles. The molecule has 2 heterocycles. The molecule has 1 amide bonds. The van der Waals surface area contributed by atoms with Gasteiger partial charge in [-0.1, -0.05) is 26.7 Å². The summed E-state index contributed by atoms with van der Waals surface area (Å²) in [7, 11) is 1.82. The molecule has 6 nitrogen and oxygen atoms in total. The van der Waals surface area contributed by atoms with Crippen LogP contribution in [0.2, 0.25) is 0 Å². The number of ether oxygens (including phenoxy) is 1. The molecule has 1 aromatic rings. The van der Waals surface area contributed by atoms with Gasteiger partial charge in [0, 0.05) is 38.9 Å². The van der Waals surface area contributed by atoms with Crippen molar-refractivity contribution in [3.63, 3.8) is 0 Å². The van der Waals surface area contributed by atoms with E-state index in [0.717, 1.165) is 39.1 Å². The van der Waals surface area contributed by atoms with Gasteiger partial charge in [-0.3, -0.25) is 14.4 Å². The highest BCUT2D eigenvalue weighted by molar-refractivity contribution is 5.93. The molecule has 1 aliphatic heterocycles. The maximum Gasteiger partial charge on any atom is 0.254 e. The van der Waals surface area contributed by atoms with E-state index in [1.807, 2.05) is 7.05 Å². The van der Waals surface area contributed by atoms with Crippen LogP contribution in [-0.4, -0.2) is 59.5 Å². The number of nitrogens with one attached hydrogen (secondary N) is 1. The van der Waals surface area contributed by atoms with Gasteiger partial charge in [0.15, 0.2) is 0 Å². The molecule has 1 unspecified atom stereocenters. The molecule has 1 saturated heterocycles. The van der Waals surface area contributed by atoms with E-state index in [1.165, 1.54) is 0 Å². The zero-order valence-electron chi connectivity index (χ0n) is 13.9. The zero-order valence-corrected chi connectivity index (χ0v) is 13.9. The Morgan fingerprint density at radius 3 is 2.59 bits per heavy atom. The lowest BCUT2D eigenvalue weighted by Crippen LogP contribution is -2.52. The minimum Gasteiger partial charge on any atom is -0.379 e. The maximum atomic E-state index is 12.2. The van der Waals surface area contributed by atoms with Crippen molar-refractivity contribution in [2.45, 2.75) is 32.7 Å². The van der Waals surface area contributed by atoms with Crippen molar-refractivity contribution in [3.05, 3.63) is 18.0 Å². The lowest BCUT2D eigenvalue weighted by Gasteiger charge is -2.38. The maximum absolute atomic E-state index is 12.2. The van der Waals surface area contributed by atoms with Crippen LogP contribution in [0, 0.1) is 5.92 Å². The summed E-state index contributed by atoms with van der Waals surface area (Å²) in [5.74, 6) is 0.546. The van der Waals surface area contributed by atoms with E-state index in [4.69, 9.17) is 4.74 Å². The third kappa shape index (κ3) is 4.30. The first-order valence-electron chi connectivity index (χ1n) is 8.24. The van der Waals surface area contributed by atoms with Crippen molar-refractivity contribution in [2.75, 3.05) is 32.8 Å². The highest BCUT2D eigenvalue weighted by Crippen LogP contribution is 2.19. The fraction of sp³-hybridized carbons (Fsp3) is 0.750. The topological polar surface area (TPSA) is 59.4 Å². The summed E-state index contributed by atoms with van der Waals surface area (Å²) in [4.78, 5) is 14.7. The van der Waals surface area contributed by atoms with E-state index >= 15 is 0 Å². The van der Waals surface area contributed by atoms with Gasteiger partial charge in [-0.15, -0.1) is 0 Å². The molecular weight excluding hydrogens is 280 g/mol. The molecular formula is C16H28N4O2. The predicted octanol–water partition coefficient (Wildman–Crippen LogP) is 1.29. The number of amides is 1. The Morgan fingerprint density at radius 2 is 2.05 bits per heavy atom. The van der Waals surface area contributed by atoms with E-state index < -0.39 is 0 Å². The molecule has 0 radical (unpaired) electrons. The van der Waals surface area contributed by atoms with Gasteiger partial charge in [0.1, 0.15) is 0 Å². The second-order valence-electron chi connectivity index (χ2n) is 5.90. The van der Waals surface area contributed by atoms with Gasteiger partial charge < -0.3 is 10.1 Å². The molecule has 124 valence electrons. The van der Waals surface area contributed by atoms with E-state index in [0.29, 0.717) is 24.1 Å². The highest BCUT2D eigenvalue weighted by atomic mass is 16.5. The van der Waals surface area contributed by atoms with Crippen molar-refractivity contribution in [2.24, 2.45) is 13.0 Å². The SMILES string of the molecule is CCC(CC)C(CNC(=O)c1cnn(C)c1)N1CCOCC1. The van der Waals surface area contributed by atoms with E-state index in [2.05, 4.69) is 29.2 Å². The van der Waals surface area contributed by atoms with Gasteiger partial charge in [0.25, 0.3) is 5.91 Å². The first-order chi connectivity index (χ1) is 10.7. The Kier molecular flexibility index (Phi) is 6.39. The minimum absolute atomic E-state index is 0.0442. The van der Waals surface area contributed by atoms with Crippen LogP contribution < -0.4 is 5.32 Å². The van der Waals surface area contributed by atoms with Crippen molar-refractivity contribution in [1.82, 2.24) is 20.0 Å². The largest absolute Gasteiger partial charge is 0.379 e. The smallest absolute Gasteiger partial charge is 0.254 e. The number of hydrogen-bond donors (Lipinski definition) is 1. The third-order valence-electron chi connectivity index (χ3n) is 4.55. The Hall–Kier alpha value is -1.40. The number of carbonyl (C=O) groups is 1.